The van der Waals surface area contributed by atoms with Crippen molar-refractivity contribution in [3.63, 3.8) is 0 Å². The first-order valence-electron chi connectivity index (χ1n) is 8.49. The van der Waals surface area contributed by atoms with Crippen LogP contribution in [-0.4, -0.2) is 11.0 Å². The molecule has 2 aromatic rings. The van der Waals surface area contributed by atoms with Crippen LogP contribution >= 0.6 is 0 Å². The Balaban J connectivity index is 2.38. The van der Waals surface area contributed by atoms with E-state index in [0.29, 0.717) is 5.56 Å². The Kier molecular flexibility index (Phi) is 5.12. The second-order valence-electron chi connectivity index (χ2n) is 8.37. The number of aromatic hydroxyl groups is 1. The Hall–Kier alpha value is -2.49. The van der Waals surface area contributed by atoms with Crippen LogP contribution in [0.4, 0.5) is 5.69 Å². The summed E-state index contributed by atoms with van der Waals surface area (Å²) in [6, 6.07) is 13.0. The number of hydrogen-bond acceptors (Lipinski definition) is 3. The third kappa shape index (κ3) is 4.53. The van der Waals surface area contributed by atoms with Gasteiger partial charge >= 0.3 is 0 Å². The summed E-state index contributed by atoms with van der Waals surface area (Å²) in [5, 5.41) is 10.7. The number of benzene rings is 2. The molecule has 0 aliphatic carbocycles. The third-order valence-corrected chi connectivity index (χ3v) is 4.08. The van der Waals surface area contributed by atoms with Gasteiger partial charge in [-0.1, -0.05) is 59.7 Å². The molecule has 0 aliphatic rings. The Morgan fingerprint density at radius 1 is 0.880 bits per heavy atom. The molecule has 2 rings (SSSR count). The average molecular weight is 340 g/mol. The predicted octanol–water partition coefficient (Wildman–Crippen LogP) is 4.74. The fourth-order valence-electron chi connectivity index (χ4n) is 2.63. The van der Waals surface area contributed by atoms with Crippen molar-refractivity contribution >= 4 is 11.6 Å². The maximum Gasteiger partial charge on any atom is 0.269 e. The van der Waals surface area contributed by atoms with Gasteiger partial charge in [-0.25, -0.2) is 0 Å². The van der Waals surface area contributed by atoms with Crippen molar-refractivity contribution in [2.75, 3.05) is 5.43 Å². The van der Waals surface area contributed by atoms with Crippen molar-refractivity contribution in [1.82, 2.24) is 5.43 Å². The molecular formula is C21H28N2O2. The number of hydrogen-bond donors (Lipinski definition) is 3. The first kappa shape index (κ1) is 18.8. The largest absolute Gasteiger partial charge is 0.507 e. The number of nitrogens with one attached hydrogen (secondary N) is 2. The number of rotatable bonds is 3. The maximum absolute atomic E-state index is 12.6. The summed E-state index contributed by atoms with van der Waals surface area (Å²) in [7, 11) is 0. The summed E-state index contributed by atoms with van der Waals surface area (Å²) < 4.78 is 0. The number of para-hydroxylation sites is 1. The van der Waals surface area contributed by atoms with Crippen LogP contribution in [-0.2, 0) is 10.8 Å². The zero-order valence-electron chi connectivity index (χ0n) is 15.9. The molecule has 3 N–H and O–H groups in total. The van der Waals surface area contributed by atoms with Crippen LogP contribution in [0.15, 0.2) is 42.5 Å². The summed E-state index contributed by atoms with van der Waals surface area (Å²) >= 11 is 0. The van der Waals surface area contributed by atoms with Crippen molar-refractivity contribution in [3.8, 4) is 5.75 Å². The minimum Gasteiger partial charge on any atom is -0.507 e. The zero-order chi connectivity index (χ0) is 18.8. The lowest BCUT2D eigenvalue weighted by molar-refractivity contribution is 0.0962. The van der Waals surface area contributed by atoms with Gasteiger partial charge in [0.05, 0.1) is 5.69 Å². The number of carbonyl (C=O) groups is 1. The lowest BCUT2D eigenvalue weighted by Crippen LogP contribution is -2.30. The molecule has 4 heteroatoms. The van der Waals surface area contributed by atoms with E-state index in [-0.39, 0.29) is 22.5 Å². The Morgan fingerprint density at radius 2 is 1.36 bits per heavy atom. The molecule has 0 saturated carbocycles. The minimum absolute atomic E-state index is 0.236. The molecule has 0 saturated heterocycles. The highest BCUT2D eigenvalue weighted by Crippen LogP contribution is 2.39. The minimum atomic E-state index is -0.271. The molecule has 2 aromatic carbocycles. The Bertz CT molecular complexity index is 719. The molecule has 0 aliphatic heterocycles. The molecule has 1 amide bonds. The fraction of sp³-hybridized carbons (Fsp3) is 0.381. The van der Waals surface area contributed by atoms with Gasteiger partial charge in [0.25, 0.3) is 5.91 Å². The molecular weight excluding hydrogens is 312 g/mol. The van der Waals surface area contributed by atoms with Gasteiger partial charge in [0.15, 0.2) is 0 Å². The van der Waals surface area contributed by atoms with Gasteiger partial charge in [-0.15, -0.1) is 0 Å². The zero-order valence-corrected chi connectivity index (χ0v) is 15.9. The van der Waals surface area contributed by atoms with Crippen LogP contribution in [0.3, 0.4) is 0 Å². The summed E-state index contributed by atoms with van der Waals surface area (Å²) in [6.07, 6.45) is 0. The van der Waals surface area contributed by atoms with E-state index >= 15 is 0 Å². The summed E-state index contributed by atoms with van der Waals surface area (Å²) in [4.78, 5) is 12.6. The maximum atomic E-state index is 12.6. The molecule has 0 aromatic heterocycles. The molecule has 0 bridgehead atoms. The quantitative estimate of drug-likeness (QED) is 0.707. The van der Waals surface area contributed by atoms with Gasteiger partial charge in [-0.3, -0.25) is 15.6 Å². The topological polar surface area (TPSA) is 61.4 Å². The summed E-state index contributed by atoms with van der Waals surface area (Å²) in [5.41, 5.74) is 7.96. The highest BCUT2D eigenvalue weighted by molar-refractivity contribution is 5.95. The van der Waals surface area contributed by atoms with E-state index in [0.717, 1.165) is 16.8 Å². The number of phenolic OH excluding ortho intramolecular Hbond substituents is 1. The summed E-state index contributed by atoms with van der Waals surface area (Å²) in [5.74, 6) is 0.0346. The van der Waals surface area contributed by atoms with Crippen LogP contribution < -0.4 is 10.9 Å². The number of phenols is 1. The average Bonchev–Trinajstić information content (AvgIpc) is 2.51. The van der Waals surface area contributed by atoms with Crippen LogP contribution in [0.2, 0.25) is 0 Å². The van der Waals surface area contributed by atoms with E-state index in [1.807, 2.05) is 71.9 Å². The molecule has 4 nitrogen and oxygen atoms in total. The second kappa shape index (κ2) is 6.79. The van der Waals surface area contributed by atoms with E-state index in [9.17, 15) is 9.90 Å². The van der Waals surface area contributed by atoms with Crippen LogP contribution in [0, 0.1) is 0 Å². The van der Waals surface area contributed by atoms with Crippen LogP contribution in [0.1, 0.15) is 63.0 Å². The Morgan fingerprint density at radius 3 is 1.80 bits per heavy atom. The van der Waals surface area contributed by atoms with Gasteiger partial charge in [-0.2, -0.15) is 0 Å². The number of amides is 1. The lowest BCUT2D eigenvalue weighted by atomic mass is 9.78. The number of carbonyl (C=O) groups excluding carboxylic acids is 1. The van der Waals surface area contributed by atoms with E-state index in [4.69, 9.17) is 0 Å². The van der Waals surface area contributed by atoms with Gasteiger partial charge in [0.1, 0.15) is 5.75 Å². The van der Waals surface area contributed by atoms with Crippen molar-refractivity contribution in [2.45, 2.75) is 52.4 Å². The highest BCUT2D eigenvalue weighted by Gasteiger charge is 2.27. The first-order chi connectivity index (χ1) is 11.5. The Labute approximate surface area is 150 Å². The molecule has 0 atom stereocenters. The van der Waals surface area contributed by atoms with E-state index in [1.165, 1.54) is 0 Å². The normalized spacial score (nSPS) is 11.9. The monoisotopic (exact) mass is 340 g/mol. The van der Waals surface area contributed by atoms with Gasteiger partial charge in [0.2, 0.25) is 0 Å². The van der Waals surface area contributed by atoms with Gasteiger partial charge < -0.3 is 5.11 Å². The fourth-order valence-corrected chi connectivity index (χ4v) is 2.63. The molecule has 0 fully saturated rings. The molecule has 0 spiro atoms. The molecule has 0 unspecified atom stereocenters. The van der Waals surface area contributed by atoms with Gasteiger partial charge in [0, 0.05) is 16.7 Å². The first-order valence-corrected chi connectivity index (χ1v) is 8.49. The van der Waals surface area contributed by atoms with Gasteiger partial charge in [-0.05, 0) is 35.1 Å². The highest BCUT2D eigenvalue weighted by atomic mass is 16.3. The number of anilines is 1. The van der Waals surface area contributed by atoms with E-state index < -0.39 is 0 Å². The lowest BCUT2D eigenvalue weighted by Gasteiger charge is -2.28. The van der Waals surface area contributed by atoms with Crippen LogP contribution in [0.5, 0.6) is 5.75 Å². The molecule has 25 heavy (non-hydrogen) atoms. The van der Waals surface area contributed by atoms with E-state index in [1.54, 1.807) is 12.1 Å². The standard InChI is InChI=1S/C21H28N2O2/c1-20(2,3)16-12-14(13-17(18(16)24)21(4,5)6)19(25)23-22-15-10-8-7-9-11-15/h7-13,22,24H,1-6H3,(H,23,25). The third-order valence-electron chi connectivity index (χ3n) is 4.08. The molecule has 134 valence electrons. The second-order valence-corrected chi connectivity index (χ2v) is 8.37. The van der Waals surface area contributed by atoms with Crippen LogP contribution in [0.25, 0.3) is 0 Å². The predicted molar refractivity (Wildman–Crippen MR) is 103 cm³/mol. The smallest absolute Gasteiger partial charge is 0.269 e. The SMILES string of the molecule is CC(C)(C)c1cc(C(=O)NNc2ccccc2)cc(C(C)(C)C)c1O. The molecule has 0 radical (unpaired) electrons. The van der Waals surface area contributed by atoms with Crippen molar-refractivity contribution in [1.29, 1.82) is 0 Å². The van der Waals surface area contributed by atoms with Crippen molar-refractivity contribution in [2.24, 2.45) is 0 Å². The molecule has 0 heterocycles. The summed E-state index contributed by atoms with van der Waals surface area (Å²) in [6.45, 7) is 12.2. The number of hydrazine groups is 1. The van der Waals surface area contributed by atoms with Crippen molar-refractivity contribution < 1.29 is 9.90 Å². The van der Waals surface area contributed by atoms with E-state index in [2.05, 4.69) is 10.9 Å². The van der Waals surface area contributed by atoms with Crippen molar-refractivity contribution in [3.05, 3.63) is 59.2 Å².